The highest BCUT2D eigenvalue weighted by atomic mass is 16.6. The van der Waals surface area contributed by atoms with E-state index in [0.29, 0.717) is 13.2 Å². The van der Waals surface area contributed by atoms with Crippen molar-refractivity contribution in [1.29, 1.82) is 0 Å². The van der Waals surface area contributed by atoms with Gasteiger partial charge in [-0.25, -0.2) is 5.90 Å². The zero-order valence-electron chi connectivity index (χ0n) is 7.17. The van der Waals surface area contributed by atoms with Crippen LogP contribution in [0.1, 0.15) is 13.3 Å². The van der Waals surface area contributed by atoms with Gasteiger partial charge in [0.1, 0.15) is 0 Å². The summed E-state index contributed by atoms with van der Waals surface area (Å²) in [5, 5.41) is 9.02. The molecule has 0 aromatic rings. The van der Waals surface area contributed by atoms with Crippen LogP contribution in [0, 0.1) is 5.41 Å². The highest BCUT2D eigenvalue weighted by Crippen LogP contribution is 2.21. The molecule has 0 aromatic heterocycles. The molecule has 0 aliphatic heterocycles. The van der Waals surface area contributed by atoms with Gasteiger partial charge in [-0.05, 0) is 6.42 Å². The van der Waals surface area contributed by atoms with E-state index in [2.05, 4.69) is 4.84 Å². The third-order valence-electron chi connectivity index (χ3n) is 1.93. The third kappa shape index (κ3) is 3.16. The molecule has 0 saturated carbocycles. The molecule has 0 heterocycles. The van der Waals surface area contributed by atoms with Crippen molar-refractivity contribution >= 4 is 0 Å². The fraction of sp³-hybridized carbons (Fsp3) is 1.00. The zero-order chi connectivity index (χ0) is 8.74. The Morgan fingerprint density at radius 1 is 1.45 bits per heavy atom. The van der Waals surface area contributed by atoms with Crippen LogP contribution in [0.4, 0.5) is 0 Å². The summed E-state index contributed by atoms with van der Waals surface area (Å²) in [5.74, 6) is 4.93. The molecule has 0 bridgehead atoms. The Bertz CT molecular complexity index is 85.7. The SMILES string of the molecule is CCC(CO)(COC)CON. The van der Waals surface area contributed by atoms with Crippen molar-refractivity contribution in [3.05, 3.63) is 0 Å². The molecule has 0 saturated heterocycles. The largest absolute Gasteiger partial charge is 0.396 e. The molecule has 11 heavy (non-hydrogen) atoms. The van der Waals surface area contributed by atoms with E-state index in [-0.39, 0.29) is 12.0 Å². The highest BCUT2D eigenvalue weighted by Gasteiger charge is 2.27. The van der Waals surface area contributed by atoms with Gasteiger partial charge in [0.25, 0.3) is 0 Å². The van der Waals surface area contributed by atoms with Crippen LogP contribution in [-0.2, 0) is 9.57 Å². The van der Waals surface area contributed by atoms with Crippen LogP contribution in [-0.4, -0.2) is 32.0 Å². The van der Waals surface area contributed by atoms with Crippen LogP contribution in [0.15, 0.2) is 0 Å². The Kier molecular flexibility index (Phi) is 5.41. The maximum Gasteiger partial charge on any atom is 0.0779 e. The molecular formula is C7H17NO3. The van der Waals surface area contributed by atoms with Crippen LogP contribution in [0.2, 0.25) is 0 Å². The first-order valence-corrected chi connectivity index (χ1v) is 3.66. The molecule has 0 aliphatic rings. The Morgan fingerprint density at radius 2 is 2.09 bits per heavy atom. The number of aliphatic hydroxyl groups excluding tert-OH is 1. The van der Waals surface area contributed by atoms with Crippen LogP contribution in [0.25, 0.3) is 0 Å². The Labute approximate surface area is 67.2 Å². The van der Waals surface area contributed by atoms with Gasteiger partial charge in [-0.1, -0.05) is 6.92 Å². The first kappa shape index (κ1) is 10.8. The number of methoxy groups -OCH3 is 1. The Balaban J connectivity index is 3.96. The van der Waals surface area contributed by atoms with Crippen LogP contribution in [0.3, 0.4) is 0 Å². The van der Waals surface area contributed by atoms with E-state index in [1.54, 1.807) is 7.11 Å². The summed E-state index contributed by atoms with van der Waals surface area (Å²) in [6, 6.07) is 0. The second-order valence-electron chi connectivity index (χ2n) is 2.76. The molecule has 0 rings (SSSR count). The molecule has 1 atom stereocenters. The lowest BCUT2D eigenvalue weighted by atomic mass is 9.88. The van der Waals surface area contributed by atoms with E-state index < -0.39 is 0 Å². The van der Waals surface area contributed by atoms with Crippen LogP contribution >= 0.6 is 0 Å². The number of nitrogens with two attached hydrogens (primary N) is 1. The normalized spacial score (nSPS) is 16.4. The van der Waals surface area contributed by atoms with Crippen molar-refractivity contribution < 1.29 is 14.7 Å². The smallest absolute Gasteiger partial charge is 0.0779 e. The second-order valence-corrected chi connectivity index (χ2v) is 2.76. The molecule has 68 valence electrons. The van der Waals surface area contributed by atoms with Crippen LogP contribution in [0.5, 0.6) is 0 Å². The quantitative estimate of drug-likeness (QED) is 0.537. The maximum absolute atomic E-state index is 9.02. The van der Waals surface area contributed by atoms with Gasteiger partial charge in [-0.3, -0.25) is 0 Å². The zero-order valence-corrected chi connectivity index (χ0v) is 7.17. The summed E-state index contributed by atoms with van der Waals surface area (Å²) < 4.78 is 4.95. The van der Waals surface area contributed by atoms with Crippen molar-refractivity contribution in [2.24, 2.45) is 11.3 Å². The van der Waals surface area contributed by atoms with Gasteiger partial charge in [0.05, 0.1) is 19.8 Å². The lowest BCUT2D eigenvalue weighted by Gasteiger charge is -2.28. The average molecular weight is 163 g/mol. The van der Waals surface area contributed by atoms with Crippen molar-refractivity contribution in [2.75, 3.05) is 26.9 Å². The molecule has 1 unspecified atom stereocenters. The molecule has 0 fully saturated rings. The number of hydrogen-bond donors (Lipinski definition) is 2. The molecule has 0 radical (unpaired) electrons. The van der Waals surface area contributed by atoms with Gasteiger partial charge in [0.15, 0.2) is 0 Å². The minimum Gasteiger partial charge on any atom is -0.396 e. The molecule has 4 heteroatoms. The van der Waals surface area contributed by atoms with Gasteiger partial charge >= 0.3 is 0 Å². The predicted molar refractivity (Wildman–Crippen MR) is 41.8 cm³/mol. The van der Waals surface area contributed by atoms with Gasteiger partial charge in [0, 0.05) is 12.5 Å². The average Bonchev–Trinajstić information content (AvgIpc) is 2.04. The summed E-state index contributed by atoms with van der Waals surface area (Å²) in [6.07, 6.45) is 0.786. The minimum atomic E-state index is -0.330. The number of hydrogen-bond acceptors (Lipinski definition) is 4. The molecule has 0 aromatic carbocycles. The maximum atomic E-state index is 9.02. The second kappa shape index (κ2) is 5.49. The summed E-state index contributed by atoms with van der Waals surface area (Å²) in [4.78, 5) is 4.50. The van der Waals surface area contributed by atoms with Crippen molar-refractivity contribution in [1.82, 2.24) is 0 Å². The lowest BCUT2D eigenvalue weighted by Crippen LogP contribution is -2.36. The molecule has 0 aliphatic carbocycles. The first-order chi connectivity index (χ1) is 5.24. The van der Waals surface area contributed by atoms with Crippen molar-refractivity contribution in [3.63, 3.8) is 0 Å². The molecule has 0 amide bonds. The van der Waals surface area contributed by atoms with E-state index in [0.717, 1.165) is 6.42 Å². The number of ether oxygens (including phenoxy) is 1. The van der Waals surface area contributed by atoms with E-state index in [4.69, 9.17) is 15.7 Å². The van der Waals surface area contributed by atoms with E-state index in [1.165, 1.54) is 0 Å². The minimum absolute atomic E-state index is 0.0362. The summed E-state index contributed by atoms with van der Waals surface area (Å²) in [6.45, 7) is 2.80. The fourth-order valence-corrected chi connectivity index (χ4v) is 0.932. The molecular weight excluding hydrogens is 146 g/mol. The van der Waals surface area contributed by atoms with E-state index >= 15 is 0 Å². The van der Waals surface area contributed by atoms with Gasteiger partial charge in [-0.15, -0.1) is 0 Å². The van der Waals surface area contributed by atoms with Gasteiger partial charge in [-0.2, -0.15) is 0 Å². The van der Waals surface area contributed by atoms with Crippen molar-refractivity contribution in [3.8, 4) is 0 Å². The van der Waals surface area contributed by atoms with Crippen molar-refractivity contribution in [2.45, 2.75) is 13.3 Å². The monoisotopic (exact) mass is 163 g/mol. The molecule has 3 N–H and O–H groups in total. The summed E-state index contributed by atoms with van der Waals surface area (Å²) >= 11 is 0. The number of rotatable bonds is 6. The first-order valence-electron chi connectivity index (χ1n) is 3.66. The predicted octanol–water partition coefficient (Wildman–Crippen LogP) is -0.0882. The standard InChI is InChI=1S/C7H17NO3/c1-3-7(4-9,5-10-2)6-11-8/h9H,3-6,8H2,1-2H3. The fourth-order valence-electron chi connectivity index (χ4n) is 0.932. The molecule has 4 nitrogen and oxygen atoms in total. The van der Waals surface area contributed by atoms with Gasteiger partial charge < -0.3 is 14.7 Å². The number of aliphatic hydroxyl groups is 1. The third-order valence-corrected chi connectivity index (χ3v) is 1.93. The van der Waals surface area contributed by atoms with E-state index in [9.17, 15) is 0 Å². The van der Waals surface area contributed by atoms with Gasteiger partial charge in [0.2, 0.25) is 0 Å². The van der Waals surface area contributed by atoms with Crippen LogP contribution < -0.4 is 5.90 Å². The van der Waals surface area contributed by atoms with E-state index in [1.807, 2.05) is 6.92 Å². The summed E-state index contributed by atoms with van der Waals surface area (Å²) in [5.41, 5.74) is -0.330. The highest BCUT2D eigenvalue weighted by molar-refractivity contribution is 4.75. The Morgan fingerprint density at radius 3 is 2.36 bits per heavy atom. The Hall–Kier alpha value is -0.160. The topological polar surface area (TPSA) is 64.7 Å². The lowest BCUT2D eigenvalue weighted by molar-refractivity contribution is -0.0425. The molecule has 0 spiro atoms. The summed E-state index contributed by atoms with van der Waals surface area (Å²) in [7, 11) is 1.59.